The molecule has 1 fully saturated rings. The van der Waals surface area contributed by atoms with Gasteiger partial charge in [0.1, 0.15) is 0 Å². The lowest BCUT2D eigenvalue weighted by atomic mass is 9.84. The van der Waals surface area contributed by atoms with E-state index in [-0.39, 0.29) is 23.1 Å². The number of aromatic nitrogens is 1. The first-order valence-electron chi connectivity index (χ1n) is 12.4. The van der Waals surface area contributed by atoms with Gasteiger partial charge in [0.15, 0.2) is 0 Å². The molecule has 1 saturated heterocycles. The van der Waals surface area contributed by atoms with E-state index in [2.05, 4.69) is 46.7 Å². The smallest absolute Gasteiger partial charge is 0.309 e. The molecule has 1 amide bonds. The number of thioether (sulfide) groups is 1. The molecule has 2 atom stereocenters. The topological polar surface area (TPSA) is 77.5 Å². The highest BCUT2D eigenvalue weighted by Gasteiger charge is 2.48. The number of rotatable bonds is 9. The molecule has 2 unspecified atom stereocenters. The Morgan fingerprint density at radius 2 is 1.39 bits per heavy atom. The number of β-lactam (4-membered cyclic amide) rings is 1. The molecule has 1 aliphatic rings. The summed E-state index contributed by atoms with van der Waals surface area (Å²) in [4.78, 5) is 29.0. The molecule has 0 bridgehead atoms. The largest absolute Gasteiger partial charge is 0.481 e. The highest BCUT2D eigenvalue weighted by Crippen LogP contribution is 2.52. The molecule has 0 radical (unpaired) electrons. The maximum absolute atomic E-state index is 12.9. The Morgan fingerprint density at radius 1 is 0.868 bits per heavy atom. The number of carbonyl (C=O) groups is 2. The minimum Gasteiger partial charge on any atom is -0.481 e. The number of hydrogen-bond acceptors (Lipinski definition) is 6. The first-order valence-corrected chi connectivity index (χ1v) is 13.3. The number of methoxy groups -OCH3 is 1. The Hall–Kier alpha value is -4.10. The molecule has 0 saturated carbocycles. The second kappa shape index (κ2) is 11.1. The predicted molar refractivity (Wildman–Crippen MR) is 148 cm³/mol. The second-order valence-corrected chi connectivity index (χ2v) is 10.4. The van der Waals surface area contributed by atoms with Crippen LogP contribution in [0.5, 0.6) is 11.8 Å². The van der Waals surface area contributed by atoms with Gasteiger partial charge in [0.05, 0.1) is 23.1 Å². The highest BCUT2D eigenvalue weighted by molar-refractivity contribution is 8.01. The SMILES string of the molecule is COc1ccc(CC2C(=O)NC2SC(c2ccccc2)(c2ccccc2)c2ccccc2)c(OC(C)=O)n1. The zero-order chi connectivity index (χ0) is 26.5. The molecular weight excluding hydrogens is 496 g/mol. The van der Waals surface area contributed by atoms with Crippen LogP contribution in [0.15, 0.2) is 103 Å². The van der Waals surface area contributed by atoms with E-state index in [1.54, 1.807) is 23.9 Å². The number of benzene rings is 3. The molecule has 192 valence electrons. The molecule has 1 N–H and O–H groups in total. The van der Waals surface area contributed by atoms with E-state index in [0.29, 0.717) is 17.9 Å². The van der Waals surface area contributed by atoms with Crippen molar-refractivity contribution in [3.63, 3.8) is 0 Å². The Bertz CT molecular complexity index is 1320. The van der Waals surface area contributed by atoms with Crippen LogP contribution in [0.2, 0.25) is 0 Å². The number of nitrogens with zero attached hydrogens (tertiary/aromatic N) is 1. The standard InChI is InChI=1S/C31H28N2O4S/c1-21(34)37-29-22(18-19-27(32-29)36-2)20-26-28(35)33-30(26)38-31(23-12-6-3-7-13-23,24-14-8-4-9-15-24)25-16-10-5-11-17-25/h3-19,26,30H,20H2,1-2H3,(H,33,35). The third-order valence-corrected chi connectivity index (χ3v) is 8.40. The summed E-state index contributed by atoms with van der Waals surface area (Å²) >= 11 is 1.71. The summed E-state index contributed by atoms with van der Waals surface area (Å²) in [5.74, 6) is -0.367. The van der Waals surface area contributed by atoms with Gasteiger partial charge in [-0.1, -0.05) is 91.0 Å². The van der Waals surface area contributed by atoms with E-state index in [0.717, 1.165) is 16.7 Å². The highest BCUT2D eigenvalue weighted by atomic mass is 32.2. The normalized spacial score (nSPS) is 16.7. The van der Waals surface area contributed by atoms with Crippen LogP contribution in [0, 0.1) is 5.92 Å². The third kappa shape index (κ3) is 5.02. The number of pyridine rings is 1. The van der Waals surface area contributed by atoms with E-state index in [4.69, 9.17) is 9.47 Å². The summed E-state index contributed by atoms with van der Waals surface area (Å²) in [6.45, 7) is 1.33. The summed E-state index contributed by atoms with van der Waals surface area (Å²) < 4.78 is 10.0. The average molecular weight is 525 g/mol. The van der Waals surface area contributed by atoms with Crippen LogP contribution in [0.1, 0.15) is 29.2 Å². The van der Waals surface area contributed by atoms with Gasteiger partial charge in [-0.3, -0.25) is 9.59 Å². The lowest BCUT2D eigenvalue weighted by Gasteiger charge is -2.44. The van der Waals surface area contributed by atoms with Crippen LogP contribution in [0.4, 0.5) is 0 Å². The molecule has 0 spiro atoms. The summed E-state index contributed by atoms with van der Waals surface area (Å²) in [5, 5.41) is 2.93. The lowest BCUT2D eigenvalue weighted by molar-refractivity contribution is -0.132. The number of nitrogens with one attached hydrogen (secondary N) is 1. The molecule has 4 aromatic rings. The van der Waals surface area contributed by atoms with Gasteiger partial charge in [0, 0.05) is 18.6 Å². The monoisotopic (exact) mass is 524 g/mol. The van der Waals surface area contributed by atoms with Crippen LogP contribution < -0.4 is 14.8 Å². The Labute approximate surface area is 226 Å². The number of ether oxygens (including phenoxy) is 2. The molecule has 3 aromatic carbocycles. The molecule has 7 heteroatoms. The van der Waals surface area contributed by atoms with Gasteiger partial charge in [-0.15, -0.1) is 11.8 Å². The Morgan fingerprint density at radius 3 is 1.84 bits per heavy atom. The van der Waals surface area contributed by atoms with Crippen LogP contribution in [-0.4, -0.2) is 29.3 Å². The maximum atomic E-state index is 12.9. The van der Waals surface area contributed by atoms with E-state index >= 15 is 0 Å². The molecule has 0 aliphatic carbocycles. The number of hydrogen-bond donors (Lipinski definition) is 1. The second-order valence-electron chi connectivity index (χ2n) is 9.05. The van der Waals surface area contributed by atoms with Gasteiger partial charge in [-0.2, -0.15) is 4.98 Å². The molecule has 38 heavy (non-hydrogen) atoms. The summed E-state index contributed by atoms with van der Waals surface area (Å²) in [6.07, 6.45) is 0.373. The van der Waals surface area contributed by atoms with Crippen LogP contribution in [0.3, 0.4) is 0 Å². The molecule has 1 aliphatic heterocycles. The van der Waals surface area contributed by atoms with Crippen LogP contribution >= 0.6 is 11.8 Å². The zero-order valence-electron chi connectivity index (χ0n) is 21.2. The van der Waals surface area contributed by atoms with E-state index in [9.17, 15) is 9.59 Å². The minimum absolute atomic E-state index is 0.0461. The van der Waals surface area contributed by atoms with Crippen molar-refractivity contribution in [2.45, 2.75) is 23.5 Å². The van der Waals surface area contributed by atoms with Gasteiger partial charge >= 0.3 is 5.97 Å². The molecule has 5 rings (SSSR count). The number of amides is 1. The fourth-order valence-corrected chi connectivity index (χ4v) is 6.55. The molecule has 6 nitrogen and oxygen atoms in total. The quantitative estimate of drug-likeness (QED) is 0.181. The van der Waals surface area contributed by atoms with Crippen LogP contribution in [-0.2, 0) is 20.8 Å². The first kappa shape index (κ1) is 25.5. The summed E-state index contributed by atoms with van der Waals surface area (Å²) in [7, 11) is 1.50. The van der Waals surface area contributed by atoms with E-state index in [1.165, 1.54) is 14.0 Å². The van der Waals surface area contributed by atoms with Crippen molar-refractivity contribution in [1.29, 1.82) is 0 Å². The fraction of sp³-hybridized carbons (Fsp3) is 0.194. The Kier molecular flexibility index (Phi) is 7.47. The van der Waals surface area contributed by atoms with Gasteiger partial charge in [-0.25, -0.2) is 0 Å². The van der Waals surface area contributed by atoms with Crippen molar-refractivity contribution < 1.29 is 19.1 Å². The van der Waals surface area contributed by atoms with Gasteiger partial charge in [0.2, 0.25) is 17.7 Å². The van der Waals surface area contributed by atoms with Crippen molar-refractivity contribution in [1.82, 2.24) is 10.3 Å². The minimum atomic E-state index is -0.572. The number of carbonyl (C=O) groups excluding carboxylic acids is 2. The van der Waals surface area contributed by atoms with Gasteiger partial charge in [0.25, 0.3) is 0 Å². The number of esters is 1. The Balaban J connectivity index is 1.55. The molecular formula is C31H28N2O4S. The van der Waals surface area contributed by atoms with Gasteiger partial charge < -0.3 is 14.8 Å². The van der Waals surface area contributed by atoms with Crippen molar-refractivity contribution in [3.05, 3.63) is 125 Å². The van der Waals surface area contributed by atoms with Gasteiger partial charge in [-0.05, 0) is 29.2 Å². The third-order valence-electron chi connectivity index (χ3n) is 6.63. The van der Waals surface area contributed by atoms with Crippen molar-refractivity contribution in [2.75, 3.05) is 7.11 Å². The molecule has 1 aromatic heterocycles. The summed E-state index contributed by atoms with van der Waals surface area (Å²) in [6, 6.07) is 34.6. The van der Waals surface area contributed by atoms with Crippen molar-refractivity contribution in [3.8, 4) is 11.8 Å². The fourth-order valence-electron chi connectivity index (χ4n) is 4.80. The first-order chi connectivity index (χ1) is 18.5. The van der Waals surface area contributed by atoms with E-state index < -0.39 is 10.7 Å². The zero-order valence-corrected chi connectivity index (χ0v) is 22.0. The van der Waals surface area contributed by atoms with Crippen molar-refractivity contribution >= 4 is 23.6 Å². The molecule has 2 heterocycles. The van der Waals surface area contributed by atoms with Crippen LogP contribution in [0.25, 0.3) is 0 Å². The van der Waals surface area contributed by atoms with Crippen molar-refractivity contribution in [2.24, 2.45) is 5.92 Å². The lowest BCUT2D eigenvalue weighted by Crippen LogP contribution is -2.58. The average Bonchev–Trinajstić information content (AvgIpc) is 2.95. The maximum Gasteiger partial charge on any atom is 0.309 e. The summed E-state index contributed by atoms with van der Waals surface area (Å²) in [5.41, 5.74) is 4.04. The van der Waals surface area contributed by atoms with E-state index in [1.807, 2.05) is 54.6 Å². The predicted octanol–water partition coefficient (Wildman–Crippen LogP) is 5.36.